The van der Waals surface area contributed by atoms with E-state index in [1.165, 1.54) is 6.07 Å². The van der Waals surface area contributed by atoms with Crippen LogP contribution in [-0.2, 0) is 9.47 Å². The van der Waals surface area contributed by atoms with Gasteiger partial charge in [-0.3, -0.25) is 9.78 Å². The molecule has 0 saturated carbocycles. The summed E-state index contributed by atoms with van der Waals surface area (Å²) in [6, 6.07) is 7.09. The Morgan fingerprint density at radius 1 is 1.00 bits per heavy atom. The molecule has 8 nitrogen and oxygen atoms in total. The van der Waals surface area contributed by atoms with Crippen molar-refractivity contribution in [1.29, 1.82) is 0 Å². The zero-order valence-electron chi connectivity index (χ0n) is 19.4. The molecule has 0 radical (unpaired) electrons. The Morgan fingerprint density at radius 2 is 1.61 bits per heavy atom. The number of ether oxygens (including phenoxy) is 2. The van der Waals surface area contributed by atoms with Gasteiger partial charge in [0.1, 0.15) is 11.2 Å². The lowest BCUT2D eigenvalue weighted by Gasteiger charge is -2.27. The van der Waals surface area contributed by atoms with Crippen LogP contribution in [0.4, 0.5) is 9.59 Å². The van der Waals surface area contributed by atoms with E-state index in [2.05, 4.69) is 25.9 Å². The van der Waals surface area contributed by atoms with Crippen molar-refractivity contribution in [1.82, 2.24) is 14.9 Å². The van der Waals surface area contributed by atoms with Gasteiger partial charge in [0.15, 0.2) is 0 Å². The van der Waals surface area contributed by atoms with E-state index in [1.807, 2.05) is 18.2 Å². The summed E-state index contributed by atoms with van der Waals surface area (Å²) in [4.78, 5) is 47.0. The van der Waals surface area contributed by atoms with Gasteiger partial charge in [-0.05, 0) is 59.7 Å². The second kappa shape index (κ2) is 8.97. The third kappa shape index (κ3) is 5.78. The van der Waals surface area contributed by atoms with Gasteiger partial charge in [-0.1, -0.05) is 22.0 Å². The van der Waals surface area contributed by atoms with E-state index >= 15 is 0 Å². The quantitative estimate of drug-likeness (QED) is 0.429. The van der Waals surface area contributed by atoms with Crippen LogP contribution in [0.5, 0.6) is 0 Å². The summed E-state index contributed by atoms with van der Waals surface area (Å²) in [5.41, 5.74) is 0.366. The number of amides is 3. The topological polar surface area (TPSA) is 102 Å². The van der Waals surface area contributed by atoms with Crippen LogP contribution in [0.15, 0.2) is 47.3 Å². The lowest BCUT2D eigenvalue weighted by Crippen LogP contribution is -2.47. The number of halogens is 1. The normalized spacial score (nSPS) is 11.8. The van der Waals surface area contributed by atoms with Gasteiger partial charge in [0, 0.05) is 39.6 Å². The van der Waals surface area contributed by atoms with Crippen molar-refractivity contribution in [3.05, 3.63) is 52.9 Å². The Bertz CT molecular complexity index is 1180. The number of hydrogen-bond donors (Lipinski definition) is 1. The minimum Gasteiger partial charge on any atom is -0.443 e. The predicted molar refractivity (Wildman–Crippen MR) is 128 cm³/mol. The third-order valence-electron chi connectivity index (χ3n) is 4.31. The fraction of sp³-hybridized carbons (Fsp3) is 0.333. The number of imide groups is 3. The Kier molecular flexibility index (Phi) is 6.65. The monoisotopic (exact) mass is 515 g/mol. The predicted octanol–water partition coefficient (Wildman–Crippen LogP) is 6.30. The highest BCUT2D eigenvalue weighted by atomic mass is 79.9. The first-order valence-corrected chi connectivity index (χ1v) is 11.1. The van der Waals surface area contributed by atoms with Crippen molar-refractivity contribution in [2.75, 3.05) is 0 Å². The number of nitrogens with one attached hydrogen (secondary N) is 1. The molecule has 0 saturated heterocycles. The smallest absolute Gasteiger partial charge is 0.427 e. The Hall–Kier alpha value is -3.20. The van der Waals surface area contributed by atoms with E-state index in [0.29, 0.717) is 20.3 Å². The number of aromatic nitrogens is 2. The van der Waals surface area contributed by atoms with Crippen LogP contribution in [0.25, 0.3) is 22.0 Å². The summed E-state index contributed by atoms with van der Waals surface area (Å²) in [5, 5.41) is 0.717. The van der Waals surface area contributed by atoms with E-state index < -0.39 is 29.3 Å². The number of nitrogens with zero attached hydrogens (tertiary/aromatic N) is 2. The van der Waals surface area contributed by atoms with E-state index in [4.69, 9.17) is 9.47 Å². The zero-order valence-corrected chi connectivity index (χ0v) is 20.9. The number of hydrogen-bond acceptors (Lipinski definition) is 6. The lowest BCUT2D eigenvalue weighted by atomic mass is 10.0. The minimum atomic E-state index is -1.12. The summed E-state index contributed by atoms with van der Waals surface area (Å²) in [6.07, 6.45) is 2.89. The number of fused-ring (bicyclic) bond motifs is 1. The van der Waals surface area contributed by atoms with Gasteiger partial charge in [0.05, 0.1) is 11.1 Å². The molecular formula is C24H26BrN3O5. The van der Waals surface area contributed by atoms with Crippen LogP contribution in [0.1, 0.15) is 51.9 Å². The summed E-state index contributed by atoms with van der Waals surface area (Å²) < 4.78 is 11.3. The summed E-state index contributed by atoms with van der Waals surface area (Å²) >= 11 is 3.43. The first-order valence-electron chi connectivity index (χ1n) is 10.3. The molecule has 3 aromatic rings. The van der Waals surface area contributed by atoms with Crippen LogP contribution >= 0.6 is 15.9 Å². The molecule has 0 aliphatic carbocycles. The Balaban J connectivity index is 2.12. The molecule has 174 valence electrons. The van der Waals surface area contributed by atoms with Gasteiger partial charge in [-0.2, -0.15) is 0 Å². The van der Waals surface area contributed by atoms with Gasteiger partial charge >= 0.3 is 12.2 Å². The van der Waals surface area contributed by atoms with Crippen molar-refractivity contribution >= 4 is 44.9 Å². The fourth-order valence-electron chi connectivity index (χ4n) is 3.10. The van der Waals surface area contributed by atoms with E-state index in [-0.39, 0.29) is 5.56 Å². The largest absolute Gasteiger partial charge is 0.443 e. The molecule has 9 heteroatoms. The van der Waals surface area contributed by atoms with Crippen LogP contribution in [0, 0.1) is 0 Å². The molecule has 2 aromatic heterocycles. The molecule has 33 heavy (non-hydrogen) atoms. The van der Waals surface area contributed by atoms with Gasteiger partial charge in [-0.25, -0.2) is 9.59 Å². The molecular weight excluding hydrogens is 490 g/mol. The molecule has 0 bridgehead atoms. The SMILES string of the molecule is CC(C)(C)OC(=O)N(C(=O)OC(C)(C)C)C(=O)c1cc(Br)cc2c(-c3cccnc3)c[nH]c12. The van der Waals surface area contributed by atoms with Crippen molar-refractivity contribution in [3.63, 3.8) is 0 Å². The van der Waals surface area contributed by atoms with Crippen molar-refractivity contribution in [3.8, 4) is 11.1 Å². The maximum absolute atomic E-state index is 13.6. The second-order valence-corrected chi connectivity index (χ2v) is 10.3. The zero-order chi connectivity index (χ0) is 24.6. The van der Waals surface area contributed by atoms with Crippen LogP contribution in [0.3, 0.4) is 0 Å². The number of pyridine rings is 1. The first-order chi connectivity index (χ1) is 15.3. The lowest BCUT2D eigenvalue weighted by molar-refractivity contribution is 0.00403. The van der Waals surface area contributed by atoms with Gasteiger partial charge in [0.25, 0.3) is 5.91 Å². The molecule has 1 aromatic carbocycles. The van der Waals surface area contributed by atoms with Gasteiger partial charge in [-0.15, -0.1) is 4.90 Å². The molecule has 0 unspecified atom stereocenters. The highest BCUT2D eigenvalue weighted by Crippen LogP contribution is 2.33. The molecule has 1 N–H and O–H groups in total. The third-order valence-corrected chi connectivity index (χ3v) is 4.77. The number of benzene rings is 1. The summed E-state index contributed by atoms with van der Waals surface area (Å²) in [5.74, 6) is -0.871. The van der Waals surface area contributed by atoms with E-state index in [0.717, 1.165) is 11.1 Å². The number of H-pyrrole nitrogens is 1. The Labute approximate surface area is 200 Å². The van der Waals surface area contributed by atoms with Crippen LogP contribution in [-0.4, -0.2) is 44.2 Å². The molecule has 3 rings (SSSR count). The van der Waals surface area contributed by atoms with Crippen LogP contribution < -0.4 is 0 Å². The second-order valence-electron chi connectivity index (χ2n) is 9.42. The average Bonchev–Trinajstić information content (AvgIpc) is 3.08. The van der Waals surface area contributed by atoms with Crippen LogP contribution in [0.2, 0.25) is 0 Å². The molecule has 3 amide bonds. The van der Waals surface area contributed by atoms with E-state index in [9.17, 15) is 14.4 Å². The highest BCUT2D eigenvalue weighted by Gasteiger charge is 2.38. The maximum Gasteiger partial charge on any atom is 0.427 e. The molecule has 2 heterocycles. The van der Waals surface area contributed by atoms with Crippen molar-refractivity contribution in [2.45, 2.75) is 52.7 Å². The van der Waals surface area contributed by atoms with E-state index in [1.54, 1.807) is 60.1 Å². The van der Waals surface area contributed by atoms with Crippen molar-refractivity contribution in [2.24, 2.45) is 0 Å². The highest BCUT2D eigenvalue weighted by molar-refractivity contribution is 9.10. The molecule has 0 spiro atoms. The summed E-state index contributed by atoms with van der Waals surface area (Å²) in [6.45, 7) is 9.86. The number of carbonyl (C=O) groups is 3. The van der Waals surface area contributed by atoms with Gasteiger partial charge < -0.3 is 14.5 Å². The maximum atomic E-state index is 13.6. The number of rotatable bonds is 2. The molecule has 0 aliphatic rings. The van der Waals surface area contributed by atoms with Crippen molar-refractivity contribution < 1.29 is 23.9 Å². The number of aromatic amines is 1. The molecule has 0 atom stereocenters. The molecule has 0 aliphatic heterocycles. The minimum absolute atomic E-state index is 0.103. The standard InChI is InChI=1S/C24H26BrN3O5/c1-23(2,3)32-21(30)28(22(31)33-24(4,5)6)20(29)17-11-15(25)10-16-18(13-27-19(16)17)14-8-7-9-26-12-14/h7-13,27H,1-6H3. The first kappa shape index (κ1) is 24.4. The van der Waals surface area contributed by atoms with Gasteiger partial charge in [0.2, 0.25) is 0 Å². The average molecular weight is 516 g/mol. The fourth-order valence-corrected chi connectivity index (χ4v) is 3.56. The molecule has 0 fully saturated rings. The number of carbonyl (C=O) groups excluding carboxylic acids is 3. The summed E-state index contributed by atoms with van der Waals surface area (Å²) in [7, 11) is 0. The Morgan fingerprint density at radius 3 is 2.12 bits per heavy atom.